The Bertz CT molecular complexity index is 847. The van der Waals surface area contributed by atoms with Crippen molar-refractivity contribution in [3.8, 4) is 17.2 Å². The highest BCUT2D eigenvalue weighted by molar-refractivity contribution is 5.98. The Kier molecular flexibility index (Phi) is 5.23. The molecule has 5 heteroatoms. The van der Waals surface area contributed by atoms with Crippen LogP contribution in [0.15, 0.2) is 48.8 Å². The summed E-state index contributed by atoms with van der Waals surface area (Å²) < 4.78 is 16.2. The Morgan fingerprint density at radius 2 is 1.76 bits per heavy atom. The fourth-order valence-corrected chi connectivity index (χ4v) is 2.86. The van der Waals surface area contributed by atoms with Gasteiger partial charge in [-0.05, 0) is 36.2 Å². The second-order valence-corrected chi connectivity index (χ2v) is 5.61. The summed E-state index contributed by atoms with van der Waals surface area (Å²) in [5.74, 6) is 2.26. The van der Waals surface area contributed by atoms with E-state index in [0.717, 1.165) is 35.2 Å². The quantitative estimate of drug-likeness (QED) is 0.708. The SMILES string of the molecule is COc1ccc(CCNc2c(OC)c(OC)cc3cnccc23)cc1. The number of nitrogens with one attached hydrogen (secondary N) is 1. The topological polar surface area (TPSA) is 52.6 Å². The lowest BCUT2D eigenvalue weighted by molar-refractivity contribution is 0.357. The summed E-state index contributed by atoms with van der Waals surface area (Å²) in [5.41, 5.74) is 2.16. The van der Waals surface area contributed by atoms with Gasteiger partial charge in [0.05, 0.1) is 27.0 Å². The first kappa shape index (κ1) is 16.9. The second kappa shape index (κ2) is 7.75. The molecule has 5 nitrogen and oxygen atoms in total. The maximum absolute atomic E-state index is 5.58. The molecular formula is C20H22N2O3. The average Bonchev–Trinajstić information content (AvgIpc) is 2.67. The standard InChI is InChI=1S/C20H22N2O3/c1-23-16-6-4-14(5-7-16)8-11-22-19-17-9-10-21-13-15(17)12-18(24-2)20(19)25-3/h4-7,9-10,12-13,22H,8,11H2,1-3H3. The summed E-state index contributed by atoms with van der Waals surface area (Å²) in [4.78, 5) is 4.19. The van der Waals surface area contributed by atoms with Crippen LogP contribution in [-0.4, -0.2) is 32.9 Å². The van der Waals surface area contributed by atoms with Crippen LogP contribution in [0.4, 0.5) is 5.69 Å². The van der Waals surface area contributed by atoms with E-state index in [0.29, 0.717) is 11.5 Å². The van der Waals surface area contributed by atoms with Crippen molar-refractivity contribution in [2.75, 3.05) is 33.2 Å². The van der Waals surface area contributed by atoms with Crippen molar-refractivity contribution in [3.05, 3.63) is 54.4 Å². The molecule has 0 spiro atoms. The minimum Gasteiger partial charge on any atom is -0.497 e. The predicted molar refractivity (Wildman–Crippen MR) is 100 cm³/mol. The third-order valence-corrected chi connectivity index (χ3v) is 4.16. The van der Waals surface area contributed by atoms with Gasteiger partial charge in [0.2, 0.25) is 0 Å². The van der Waals surface area contributed by atoms with Crippen LogP contribution in [0.3, 0.4) is 0 Å². The summed E-state index contributed by atoms with van der Waals surface area (Å²) in [6.45, 7) is 0.771. The van der Waals surface area contributed by atoms with E-state index in [1.54, 1.807) is 27.5 Å². The van der Waals surface area contributed by atoms with Gasteiger partial charge >= 0.3 is 0 Å². The molecule has 25 heavy (non-hydrogen) atoms. The summed E-state index contributed by atoms with van der Waals surface area (Å²) in [6, 6.07) is 12.0. The fraction of sp³-hybridized carbons (Fsp3) is 0.250. The minimum atomic E-state index is 0.690. The number of anilines is 1. The molecule has 1 heterocycles. The molecule has 3 aromatic rings. The van der Waals surface area contributed by atoms with E-state index in [1.807, 2.05) is 30.5 Å². The second-order valence-electron chi connectivity index (χ2n) is 5.61. The number of ether oxygens (including phenoxy) is 3. The largest absolute Gasteiger partial charge is 0.497 e. The van der Waals surface area contributed by atoms with E-state index in [9.17, 15) is 0 Å². The van der Waals surface area contributed by atoms with E-state index in [2.05, 4.69) is 22.4 Å². The van der Waals surface area contributed by atoms with Crippen LogP contribution in [0.5, 0.6) is 17.2 Å². The predicted octanol–water partition coefficient (Wildman–Crippen LogP) is 3.92. The molecule has 0 atom stereocenters. The molecule has 2 aromatic carbocycles. The normalized spacial score (nSPS) is 10.5. The maximum atomic E-state index is 5.58. The fourth-order valence-electron chi connectivity index (χ4n) is 2.86. The monoisotopic (exact) mass is 338 g/mol. The van der Waals surface area contributed by atoms with E-state index >= 15 is 0 Å². The van der Waals surface area contributed by atoms with Crippen molar-refractivity contribution in [3.63, 3.8) is 0 Å². The number of rotatable bonds is 7. The smallest absolute Gasteiger partial charge is 0.184 e. The molecule has 130 valence electrons. The summed E-state index contributed by atoms with van der Waals surface area (Å²) in [7, 11) is 4.96. The molecule has 3 rings (SSSR count). The van der Waals surface area contributed by atoms with Crippen LogP contribution in [0.2, 0.25) is 0 Å². The van der Waals surface area contributed by atoms with E-state index in [4.69, 9.17) is 14.2 Å². The van der Waals surface area contributed by atoms with E-state index in [1.165, 1.54) is 5.56 Å². The Morgan fingerprint density at radius 1 is 0.960 bits per heavy atom. The highest BCUT2D eigenvalue weighted by Crippen LogP contribution is 2.41. The average molecular weight is 338 g/mol. The van der Waals surface area contributed by atoms with Gasteiger partial charge in [-0.15, -0.1) is 0 Å². The van der Waals surface area contributed by atoms with Crippen molar-refractivity contribution >= 4 is 16.5 Å². The highest BCUT2D eigenvalue weighted by atomic mass is 16.5. The lowest BCUT2D eigenvalue weighted by Crippen LogP contribution is -2.07. The number of methoxy groups -OCH3 is 3. The van der Waals surface area contributed by atoms with Crippen molar-refractivity contribution in [2.45, 2.75) is 6.42 Å². The summed E-state index contributed by atoms with van der Waals surface area (Å²) in [5, 5.41) is 5.56. The molecule has 0 saturated carbocycles. The molecule has 0 aliphatic carbocycles. The molecule has 0 unspecified atom stereocenters. The number of hydrogen-bond acceptors (Lipinski definition) is 5. The Labute approximate surface area is 147 Å². The zero-order chi connectivity index (χ0) is 17.6. The van der Waals surface area contributed by atoms with Crippen molar-refractivity contribution < 1.29 is 14.2 Å². The summed E-state index contributed by atoms with van der Waals surface area (Å²) in [6.07, 6.45) is 4.49. The lowest BCUT2D eigenvalue weighted by Gasteiger charge is -2.17. The zero-order valence-electron chi connectivity index (χ0n) is 14.7. The van der Waals surface area contributed by atoms with Gasteiger partial charge in [-0.1, -0.05) is 12.1 Å². The van der Waals surface area contributed by atoms with Gasteiger partial charge < -0.3 is 19.5 Å². The molecule has 0 aliphatic rings. The Morgan fingerprint density at radius 3 is 2.44 bits per heavy atom. The molecule has 0 fully saturated rings. The molecule has 0 bridgehead atoms. The van der Waals surface area contributed by atoms with Crippen molar-refractivity contribution in [2.24, 2.45) is 0 Å². The molecular weight excluding hydrogens is 316 g/mol. The number of nitrogens with zero attached hydrogens (tertiary/aromatic N) is 1. The minimum absolute atomic E-state index is 0.690. The van der Waals surface area contributed by atoms with Crippen LogP contribution >= 0.6 is 0 Å². The van der Waals surface area contributed by atoms with Gasteiger partial charge in [0, 0.05) is 29.7 Å². The summed E-state index contributed by atoms with van der Waals surface area (Å²) >= 11 is 0. The lowest BCUT2D eigenvalue weighted by atomic mass is 10.1. The Balaban J connectivity index is 1.84. The van der Waals surface area contributed by atoms with Crippen LogP contribution < -0.4 is 19.5 Å². The van der Waals surface area contributed by atoms with Crippen molar-refractivity contribution in [1.82, 2.24) is 4.98 Å². The first-order valence-corrected chi connectivity index (χ1v) is 8.12. The van der Waals surface area contributed by atoms with Gasteiger partial charge in [0.15, 0.2) is 11.5 Å². The van der Waals surface area contributed by atoms with Crippen LogP contribution in [0.1, 0.15) is 5.56 Å². The molecule has 0 aliphatic heterocycles. The van der Waals surface area contributed by atoms with Gasteiger partial charge in [0.25, 0.3) is 0 Å². The van der Waals surface area contributed by atoms with Crippen LogP contribution in [0.25, 0.3) is 10.8 Å². The van der Waals surface area contributed by atoms with Gasteiger partial charge in [-0.2, -0.15) is 0 Å². The number of fused-ring (bicyclic) bond motifs is 1. The van der Waals surface area contributed by atoms with Gasteiger partial charge in [0.1, 0.15) is 5.75 Å². The van der Waals surface area contributed by atoms with Crippen molar-refractivity contribution in [1.29, 1.82) is 0 Å². The number of benzene rings is 2. The zero-order valence-corrected chi connectivity index (χ0v) is 14.7. The number of hydrogen-bond donors (Lipinski definition) is 1. The van der Waals surface area contributed by atoms with E-state index < -0.39 is 0 Å². The molecule has 0 amide bonds. The number of aromatic nitrogens is 1. The first-order valence-electron chi connectivity index (χ1n) is 8.12. The Hall–Kier alpha value is -2.95. The molecule has 1 N–H and O–H groups in total. The molecule has 0 radical (unpaired) electrons. The highest BCUT2D eigenvalue weighted by Gasteiger charge is 2.14. The van der Waals surface area contributed by atoms with Crippen LogP contribution in [0, 0.1) is 0 Å². The third-order valence-electron chi connectivity index (χ3n) is 4.16. The van der Waals surface area contributed by atoms with Gasteiger partial charge in [-0.3, -0.25) is 4.98 Å². The van der Waals surface area contributed by atoms with Gasteiger partial charge in [-0.25, -0.2) is 0 Å². The third kappa shape index (κ3) is 3.60. The maximum Gasteiger partial charge on any atom is 0.184 e. The number of pyridine rings is 1. The van der Waals surface area contributed by atoms with Crippen LogP contribution in [-0.2, 0) is 6.42 Å². The first-order chi connectivity index (χ1) is 12.3. The van der Waals surface area contributed by atoms with E-state index in [-0.39, 0.29) is 0 Å². The molecule has 1 aromatic heterocycles. The molecule has 0 saturated heterocycles.